The lowest BCUT2D eigenvalue weighted by atomic mass is 9.87. The Hall–Kier alpha value is -3.61. The van der Waals surface area contributed by atoms with Crippen molar-refractivity contribution in [1.82, 2.24) is 10.2 Å². The molecule has 0 saturated carbocycles. The highest BCUT2D eigenvalue weighted by molar-refractivity contribution is 5.92. The van der Waals surface area contributed by atoms with Crippen molar-refractivity contribution in [3.05, 3.63) is 89.1 Å². The highest BCUT2D eigenvalue weighted by Gasteiger charge is 2.34. The number of nitrogens with one attached hydrogen (secondary N) is 1. The molecular weight excluding hydrogens is 423 g/mol. The third kappa shape index (κ3) is 5.25. The zero-order valence-corrected chi connectivity index (χ0v) is 18.7. The second-order valence-electron chi connectivity index (χ2n) is 8.53. The van der Waals surface area contributed by atoms with Crippen molar-refractivity contribution in [2.24, 2.45) is 5.92 Å². The first-order chi connectivity index (χ1) is 15.9. The van der Waals surface area contributed by atoms with E-state index in [4.69, 9.17) is 9.15 Å². The summed E-state index contributed by atoms with van der Waals surface area (Å²) < 4.78 is 24.7. The van der Waals surface area contributed by atoms with Crippen LogP contribution < -0.4 is 10.1 Å². The zero-order valence-electron chi connectivity index (χ0n) is 18.7. The molecule has 1 unspecified atom stereocenters. The van der Waals surface area contributed by atoms with Gasteiger partial charge in [0.1, 0.15) is 11.6 Å². The Morgan fingerprint density at radius 1 is 1.18 bits per heavy atom. The van der Waals surface area contributed by atoms with Gasteiger partial charge in [-0.3, -0.25) is 9.59 Å². The molecule has 0 fully saturated rings. The third-order valence-corrected chi connectivity index (χ3v) is 5.60. The Bertz CT molecular complexity index is 1110. The van der Waals surface area contributed by atoms with Crippen molar-refractivity contribution in [2.75, 3.05) is 19.7 Å². The molecule has 2 amide bonds. The highest BCUT2D eigenvalue weighted by atomic mass is 19.1. The summed E-state index contributed by atoms with van der Waals surface area (Å²) in [5, 5.41) is 2.83. The lowest BCUT2D eigenvalue weighted by Gasteiger charge is -2.37. The minimum atomic E-state index is -0.440. The number of carbonyl (C=O) groups excluding carboxylic acids is 2. The van der Waals surface area contributed by atoms with Gasteiger partial charge in [0.15, 0.2) is 12.4 Å². The molecule has 1 atom stereocenters. The van der Waals surface area contributed by atoms with E-state index in [2.05, 4.69) is 5.32 Å². The summed E-state index contributed by atoms with van der Waals surface area (Å²) in [6.45, 7) is 5.03. The topological polar surface area (TPSA) is 71.8 Å². The number of amides is 2. The quantitative estimate of drug-likeness (QED) is 0.581. The van der Waals surface area contributed by atoms with Crippen molar-refractivity contribution in [3.8, 4) is 5.75 Å². The minimum absolute atomic E-state index is 0.0955. The van der Waals surface area contributed by atoms with E-state index in [1.54, 1.807) is 29.2 Å². The second-order valence-corrected chi connectivity index (χ2v) is 8.53. The summed E-state index contributed by atoms with van der Waals surface area (Å²) in [6, 6.07) is 14.7. The first-order valence-electron chi connectivity index (χ1n) is 11.0. The van der Waals surface area contributed by atoms with Crippen LogP contribution in [0.2, 0.25) is 0 Å². The molecule has 3 aromatic rings. The molecule has 33 heavy (non-hydrogen) atoms. The van der Waals surface area contributed by atoms with E-state index >= 15 is 0 Å². The predicted molar refractivity (Wildman–Crippen MR) is 121 cm³/mol. The lowest BCUT2D eigenvalue weighted by Crippen LogP contribution is -2.40. The molecule has 0 aliphatic carbocycles. The van der Waals surface area contributed by atoms with E-state index in [-0.39, 0.29) is 30.0 Å². The van der Waals surface area contributed by atoms with Gasteiger partial charge in [-0.05, 0) is 65.4 Å². The van der Waals surface area contributed by atoms with Gasteiger partial charge >= 0.3 is 0 Å². The molecule has 1 N–H and O–H groups in total. The van der Waals surface area contributed by atoms with Crippen LogP contribution in [-0.2, 0) is 11.2 Å². The number of halogens is 1. The number of fused-ring (bicyclic) bond motifs is 1. The number of rotatable bonds is 7. The van der Waals surface area contributed by atoms with Crippen LogP contribution in [0.4, 0.5) is 4.39 Å². The summed E-state index contributed by atoms with van der Waals surface area (Å²) in [6.07, 6.45) is 2.13. The van der Waals surface area contributed by atoms with Crippen LogP contribution in [0.25, 0.3) is 0 Å². The number of hydrogen-bond acceptors (Lipinski definition) is 4. The van der Waals surface area contributed by atoms with Crippen LogP contribution in [0.15, 0.2) is 65.3 Å². The van der Waals surface area contributed by atoms with Gasteiger partial charge in [-0.2, -0.15) is 0 Å². The summed E-state index contributed by atoms with van der Waals surface area (Å²) in [5.74, 6) is 0.369. The van der Waals surface area contributed by atoms with E-state index in [1.165, 1.54) is 18.4 Å². The van der Waals surface area contributed by atoms with E-state index < -0.39 is 6.04 Å². The number of ether oxygens (including phenoxy) is 1. The van der Waals surface area contributed by atoms with Gasteiger partial charge in [0.2, 0.25) is 0 Å². The van der Waals surface area contributed by atoms with Gasteiger partial charge in [-0.25, -0.2) is 4.39 Å². The average molecular weight is 451 g/mol. The monoisotopic (exact) mass is 450 g/mol. The zero-order chi connectivity index (χ0) is 23.4. The number of hydrogen-bond donors (Lipinski definition) is 1. The Labute approximate surface area is 192 Å². The molecule has 6 nitrogen and oxygen atoms in total. The number of carbonyl (C=O) groups is 2. The smallest absolute Gasteiger partial charge is 0.290 e. The summed E-state index contributed by atoms with van der Waals surface area (Å²) >= 11 is 0. The fourth-order valence-electron chi connectivity index (χ4n) is 3.97. The molecule has 1 aliphatic heterocycles. The van der Waals surface area contributed by atoms with Crippen molar-refractivity contribution < 1.29 is 23.1 Å². The predicted octanol–water partition coefficient (Wildman–Crippen LogP) is 4.36. The second kappa shape index (κ2) is 9.90. The Morgan fingerprint density at radius 3 is 2.67 bits per heavy atom. The molecule has 0 saturated heterocycles. The maximum atomic E-state index is 13.6. The maximum Gasteiger partial charge on any atom is 0.290 e. The molecular formula is C26H27FN2O4. The van der Waals surface area contributed by atoms with Crippen LogP contribution in [0.5, 0.6) is 5.75 Å². The average Bonchev–Trinajstić information content (AvgIpc) is 3.36. The molecule has 0 radical (unpaired) electrons. The molecule has 0 spiro atoms. The maximum absolute atomic E-state index is 13.6. The van der Waals surface area contributed by atoms with Gasteiger partial charge in [0.05, 0.1) is 12.3 Å². The van der Waals surface area contributed by atoms with Crippen molar-refractivity contribution in [2.45, 2.75) is 26.3 Å². The first kappa shape index (κ1) is 22.6. The fourth-order valence-corrected chi connectivity index (χ4v) is 3.97. The van der Waals surface area contributed by atoms with E-state index in [0.29, 0.717) is 31.2 Å². The summed E-state index contributed by atoms with van der Waals surface area (Å²) in [4.78, 5) is 27.0. The Morgan fingerprint density at radius 2 is 1.97 bits per heavy atom. The van der Waals surface area contributed by atoms with Crippen molar-refractivity contribution in [3.63, 3.8) is 0 Å². The molecule has 1 aliphatic rings. The molecule has 0 bridgehead atoms. The number of nitrogens with zero attached hydrogens (tertiary/aromatic N) is 1. The highest BCUT2D eigenvalue weighted by Crippen LogP contribution is 2.38. The summed E-state index contributed by atoms with van der Waals surface area (Å²) in [5.41, 5.74) is 2.74. The van der Waals surface area contributed by atoms with E-state index in [9.17, 15) is 14.0 Å². The van der Waals surface area contributed by atoms with Gasteiger partial charge in [-0.15, -0.1) is 0 Å². The van der Waals surface area contributed by atoms with Crippen LogP contribution >= 0.6 is 0 Å². The lowest BCUT2D eigenvalue weighted by molar-refractivity contribution is -0.123. The van der Waals surface area contributed by atoms with Crippen LogP contribution in [0, 0.1) is 11.7 Å². The molecule has 4 rings (SSSR count). The molecule has 7 heteroatoms. The van der Waals surface area contributed by atoms with Gasteiger partial charge in [-0.1, -0.05) is 32.0 Å². The summed E-state index contributed by atoms with van der Waals surface area (Å²) in [7, 11) is 0. The largest absolute Gasteiger partial charge is 0.484 e. The molecule has 1 aromatic heterocycles. The van der Waals surface area contributed by atoms with Crippen molar-refractivity contribution in [1.29, 1.82) is 0 Å². The molecule has 2 heterocycles. The third-order valence-electron chi connectivity index (χ3n) is 5.60. The van der Waals surface area contributed by atoms with Crippen LogP contribution in [-0.4, -0.2) is 36.4 Å². The van der Waals surface area contributed by atoms with E-state index in [0.717, 1.165) is 16.7 Å². The number of furan rings is 1. The Kier molecular flexibility index (Phi) is 6.77. The molecule has 172 valence electrons. The van der Waals surface area contributed by atoms with Gasteiger partial charge in [0, 0.05) is 13.1 Å². The normalized spacial score (nSPS) is 15.3. The fraction of sp³-hybridized carbons (Fsp3) is 0.308. The van der Waals surface area contributed by atoms with E-state index in [1.807, 2.05) is 32.0 Å². The van der Waals surface area contributed by atoms with Gasteiger partial charge in [0.25, 0.3) is 11.8 Å². The SMILES string of the molecule is CC(C)CNC(=O)COc1ccc2c(c1)C(c1ccc(F)cc1)N(C(=O)c1ccco1)CC2. The van der Waals surface area contributed by atoms with Crippen molar-refractivity contribution >= 4 is 11.8 Å². The first-order valence-corrected chi connectivity index (χ1v) is 11.0. The minimum Gasteiger partial charge on any atom is -0.484 e. The van der Waals surface area contributed by atoms with Crippen LogP contribution in [0.1, 0.15) is 47.1 Å². The van der Waals surface area contributed by atoms with Gasteiger partial charge < -0.3 is 19.4 Å². The van der Waals surface area contributed by atoms with Crippen LogP contribution in [0.3, 0.4) is 0 Å². The standard InChI is InChI=1S/C26H27FN2O4/c1-17(2)15-28-24(30)16-33-21-10-7-18-11-12-29(26(31)23-4-3-13-32-23)25(22(18)14-21)19-5-8-20(27)9-6-19/h3-10,13-14,17,25H,11-12,15-16H2,1-2H3,(H,28,30). The molecule has 2 aromatic carbocycles. The number of benzene rings is 2. The Balaban J connectivity index is 1.63.